The van der Waals surface area contributed by atoms with Gasteiger partial charge in [0.25, 0.3) is 5.56 Å². The molecule has 6 atom stereocenters. The van der Waals surface area contributed by atoms with Crippen molar-refractivity contribution in [3.05, 3.63) is 33.1 Å². The number of nitrogens with one attached hydrogen (secondary N) is 2. The molecule has 3 rings (SSSR count). The molecule has 1 saturated carbocycles. The van der Waals surface area contributed by atoms with E-state index in [1.54, 1.807) is 20.8 Å². The highest BCUT2D eigenvalue weighted by Gasteiger charge is 2.54. The van der Waals surface area contributed by atoms with Crippen molar-refractivity contribution in [2.24, 2.45) is 0 Å². The third-order valence-electron chi connectivity index (χ3n) is 5.88. The number of aromatic nitrogens is 2. The van der Waals surface area contributed by atoms with E-state index < -0.39 is 53.3 Å². The minimum atomic E-state index is -3.63. The van der Waals surface area contributed by atoms with Gasteiger partial charge in [0.1, 0.15) is 23.1 Å². The van der Waals surface area contributed by atoms with Crippen LogP contribution in [-0.4, -0.2) is 61.7 Å². The molecule has 0 bridgehead atoms. The van der Waals surface area contributed by atoms with Gasteiger partial charge in [-0.15, -0.1) is 11.6 Å². The van der Waals surface area contributed by atoms with Gasteiger partial charge in [-0.05, 0) is 40.5 Å². The Morgan fingerprint density at radius 2 is 2.06 bits per heavy atom. The molecule has 2 aliphatic rings. The van der Waals surface area contributed by atoms with Gasteiger partial charge < -0.3 is 19.1 Å². The average molecular weight is 554 g/mol. The Morgan fingerprint density at radius 1 is 1.40 bits per heavy atom. The molecular weight excluding hydrogens is 521 g/mol. The first-order valence-electron chi connectivity index (χ1n) is 11.6. The summed E-state index contributed by atoms with van der Waals surface area (Å²) in [6.07, 6.45) is 1.26. The Bertz CT molecular complexity index is 1060. The van der Waals surface area contributed by atoms with Crippen LogP contribution in [0.5, 0.6) is 0 Å². The molecule has 1 aliphatic heterocycles. The molecule has 2 heterocycles. The summed E-state index contributed by atoms with van der Waals surface area (Å²) >= 11 is 7.71. The molecule has 35 heavy (non-hydrogen) atoms. The average Bonchev–Trinajstić information content (AvgIpc) is 3.33. The lowest BCUT2D eigenvalue weighted by atomic mass is 10.0. The van der Waals surface area contributed by atoms with Crippen LogP contribution >= 0.6 is 29.7 Å². The van der Waals surface area contributed by atoms with E-state index in [1.165, 1.54) is 13.1 Å². The molecule has 1 saturated heterocycles. The zero-order chi connectivity index (χ0) is 26.0. The first kappa shape index (κ1) is 28.4. The molecule has 3 N–H and O–H groups in total. The van der Waals surface area contributed by atoms with Crippen LogP contribution in [0.25, 0.3) is 0 Å². The number of carbonyl (C=O) groups excluding carboxylic acids is 1. The monoisotopic (exact) mass is 553 g/mol. The van der Waals surface area contributed by atoms with Gasteiger partial charge >= 0.3 is 18.4 Å². The maximum absolute atomic E-state index is 13.8. The zero-order valence-electron chi connectivity index (χ0n) is 20.1. The lowest BCUT2D eigenvalue weighted by Gasteiger charge is -2.27. The molecule has 0 spiro atoms. The summed E-state index contributed by atoms with van der Waals surface area (Å²) in [5.74, 6) is -0.557. The highest BCUT2D eigenvalue weighted by atomic mass is 35.5. The molecule has 0 amide bonds. The SMILES string of the molecule is CC(C)OC(=O)[C@@H](C)NP(=O)(OC[C@H]1O[C@@H](n2ccc(=O)[nH]c2=O)[C@](C)(Cl)[C@@H]1O)SC1CCCC1. The summed E-state index contributed by atoms with van der Waals surface area (Å²) in [7, 11) is 0. The van der Waals surface area contributed by atoms with Crippen molar-refractivity contribution >= 4 is 35.7 Å². The number of alkyl halides is 1. The molecule has 14 heteroatoms. The summed E-state index contributed by atoms with van der Waals surface area (Å²) in [6.45, 7) is 2.54. The topological polar surface area (TPSA) is 149 Å². The maximum atomic E-state index is 13.8. The summed E-state index contributed by atoms with van der Waals surface area (Å²) in [6, 6.07) is 0.249. The number of rotatable bonds is 10. The smallest absolute Gasteiger partial charge is 0.330 e. The second-order valence-electron chi connectivity index (χ2n) is 9.28. The predicted molar refractivity (Wildman–Crippen MR) is 133 cm³/mol. The van der Waals surface area contributed by atoms with E-state index in [1.807, 2.05) is 0 Å². The standard InChI is InChI=1S/C21H33ClN3O8PS/c1-12(2)32-18(28)13(3)24-34(30,35-14-7-5-6-8-14)31-11-15-17(27)21(4,22)19(33-15)25-10-9-16(26)23-20(25)29/h9-10,12-15,17,19,27H,5-8,11H2,1-4H3,(H,24,30)(H,23,26,29)/t13-,15-,17-,19-,21-,34?/m1/s1. The molecule has 0 radical (unpaired) electrons. The summed E-state index contributed by atoms with van der Waals surface area (Å²) in [5, 5.41) is 13.7. The van der Waals surface area contributed by atoms with Gasteiger partial charge in [-0.3, -0.25) is 23.7 Å². The molecule has 1 unspecified atom stereocenters. The molecule has 1 aromatic heterocycles. The van der Waals surface area contributed by atoms with Crippen LogP contribution in [0.2, 0.25) is 0 Å². The van der Waals surface area contributed by atoms with Crippen molar-refractivity contribution in [1.29, 1.82) is 0 Å². The van der Waals surface area contributed by atoms with E-state index in [4.69, 9.17) is 25.6 Å². The van der Waals surface area contributed by atoms with Crippen LogP contribution in [0.3, 0.4) is 0 Å². The third-order valence-corrected chi connectivity index (χ3v) is 10.9. The van der Waals surface area contributed by atoms with Crippen molar-refractivity contribution < 1.29 is 28.5 Å². The summed E-state index contributed by atoms with van der Waals surface area (Å²) in [4.78, 5) is 36.7. The van der Waals surface area contributed by atoms with E-state index in [9.17, 15) is 24.1 Å². The quantitative estimate of drug-likeness (QED) is 0.224. The second-order valence-corrected chi connectivity index (χ2v) is 14.6. The van der Waals surface area contributed by atoms with E-state index >= 15 is 0 Å². The van der Waals surface area contributed by atoms with Gasteiger partial charge in [0.2, 0.25) is 0 Å². The maximum Gasteiger partial charge on any atom is 0.330 e. The van der Waals surface area contributed by atoms with Gasteiger partial charge in [0, 0.05) is 17.5 Å². The van der Waals surface area contributed by atoms with E-state index in [0.29, 0.717) is 0 Å². The van der Waals surface area contributed by atoms with Crippen molar-refractivity contribution in [2.45, 2.75) is 94.1 Å². The molecule has 0 aromatic carbocycles. The lowest BCUT2D eigenvalue weighted by Crippen LogP contribution is -2.43. The number of halogens is 1. The van der Waals surface area contributed by atoms with Crippen molar-refractivity contribution in [2.75, 3.05) is 6.61 Å². The number of hydrogen-bond acceptors (Lipinski definition) is 9. The normalized spacial score (nSPS) is 29.9. The Hall–Kier alpha value is -1.14. The van der Waals surface area contributed by atoms with E-state index in [-0.39, 0.29) is 18.0 Å². The fourth-order valence-corrected chi connectivity index (χ4v) is 9.23. The number of esters is 1. The zero-order valence-corrected chi connectivity index (χ0v) is 22.6. The van der Waals surface area contributed by atoms with Crippen molar-refractivity contribution in [3.8, 4) is 0 Å². The second kappa shape index (κ2) is 11.5. The van der Waals surface area contributed by atoms with Gasteiger partial charge in [-0.25, -0.2) is 9.88 Å². The number of carbonyl (C=O) groups is 1. The van der Waals surface area contributed by atoms with Crippen LogP contribution in [0, 0.1) is 0 Å². The van der Waals surface area contributed by atoms with Gasteiger partial charge in [0.05, 0.1) is 12.7 Å². The number of aliphatic hydroxyl groups is 1. The highest BCUT2D eigenvalue weighted by Crippen LogP contribution is 2.61. The Labute approximate surface area is 212 Å². The summed E-state index contributed by atoms with van der Waals surface area (Å²) < 4.78 is 31.7. The molecule has 1 aliphatic carbocycles. The molecule has 11 nitrogen and oxygen atoms in total. The number of ether oxygens (including phenoxy) is 2. The fourth-order valence-electron chi connectivity index (χ4n) is 4.05. The fraction of sp³-hybridized carbons (Fsp3) is 0.762. The van der Waals surface area contributed by atoms with Gasteiger partial charge in [-0.2, -0.15) is 0 Å². The molecule has 1 aromatic rings. The number of aromatic amines is 1. The highest BCUT2D eigenvalue weighted by molar-refractivity contribution is 8.56. The lowest BCUT2D eigenvalue weighted by molar-refractivity contribution is -0.149. The van der Waals surface area contributed by atoms with Gasteiger partial charge in [-0.1, -0.05) is 24.2 Å². The summed E-state index contributed by atoms with van der Waals surface area (Å²) in [5.41, 5.74) is -1.33. The number of nitrogens with zero attached hydrogens (tertiary/aromatic N) is 1. The largest absolute Gasteiger partial charge is 0.462 e. The van der Waals surface area contributed by atoms with Gasteiger partial charge in [0.15, 0.2) is 6.23 Å². The number of hydrogen-bond donors (Lipinski definition) is 3. The minimum Gasteiger partial charge on any atom is -0.462 e. The molecular formula is C21H33ClN3O8PS. The molecule has 198 valence electrons. The van der Waals surface area contributed by atoms with Crippen molar-refractivity contribution in [1.82, 2.24) is 14.6 Å². The van der Waals surface area contributed by atoms with Crippen LogP contribution in [0.15, 0.2) is 21.9 Å². The first-order valence-corrected chi connectivity index (χ1v) is 15.1. The minimum absolute atomic E-state index is 0.0989. The van der Waals surface area contributed by atoms with Crippen molar-refractivity contribution in [3.63, 3.8) is 0 Å². The Balaban J connectivity index is 1.75. The third kappa shape index (κ3) is 7.00. The number of H-pyrrole nitrogens is 1. The van der Waals surface area contributed by atoms with E-state index in [0.717, 1.165) is 47.7 Å². The van der Waals surface area contributed by atoms with Crippen LogP contribution in [0.1, 0.15) is 59.6 Å². The first-order chi connectivity index (χ1) is 16.3. The van der Waals surface area contributed by atoms with E-state index in [2.05, 4.69) is 10.1 Å². The number of aliphatic hydroxyl groups excluding tert-OH is 1. The predicted octanol–water partition coefficient (Wildman–Crippen LogP) is 2.52. The van der Waals surface area contributed by atoms with Crippen LogP contribution < -0.4 is 16.3 Å². The van der Waals surface area contributed by atoms with Crippen LogP contribution in [0.4, 0.5) is 0 Å². The Morgan fingerprint density at radius 3 is 2.66 bits per heavy atom. The molecule has 2 fully saturated rings. The Kier molecular flexibility index (Phi) is 9.34. The van der Waals surface area contributed by atoms with Crippen LogP contribution in [-0.2, 0) is 23.4 Å².